The van der Waals surface area contributed by atoms with Gasteiger partial charge in [0.1, 0.15) is 0 Å². The van der Waals surface area contributed by atoms with Crippen molar-refractivity contribution in [3.8, 4) is 0 Å². The molecular weight excluding hydrogens is 275 g/mol. The van der Waals surface area contributed by atoms with Crippen LogP contribution in [0.2, 0.25) is 10.0 Å². The summed E-state index contributed by atoms with van der Waals surface area (Å²) >= 11 is 12.4. The Labute approximate surface area is 123 Å². The number of hydrogen-bond acceptors (Lipinski definition) is 0. The van der Waals surface area contributed by atoms with Gasteiger partial charge in [0, 0.05) is 15.5 Å². The van der Waals surface area contributed by atoms with Gasteiger partial charge in [0.05, 0.1) is 0 Å². The second-order valence-electron chi connectivity index (χ2n) is 5.97. The summed E-state index contributed by atoms with van der Waals surface area (Å²) in [5, 5.41) is 1.67. The topological polar surface area (TPSA) is 0 Å². The molecule has 2 aliphatic carbocycles. The lowest BCUT2D eigenvalue weighted by Crippen LogP contribution is -2.25. The zero-order valence-electron chi connectivity index (χ0n) is 10.7. The normalized spacial score (nSPS) is 27.0. The number of benzene rings is 2. The highest BCUT2D eigenvalue weighted by atomic mass is 35.5. The second-order valence-corrected chi connectivity index (χ2v) is 6.84. The van der Waals surface area contributed by atoms with E-state index in [9.17, 15) is 0 Å². The number of fused-ring (bicyclic) bond motifs is 7. The van der Waals surface area contributed by atoms with Gasteiger partial charge in [-0.1, -0.05) is 42.3 Å². The van der Waals surface area contributed by atoms with E-state index in [4.69, 9.17) is 23.2 Å². The van der Waals surface area contributed by atoms with Gasteiger partial charge < -0.3 is 0 Å². The molecule has 2 bridgehead atoms. The van der Waals surface area contributed by atoms with Crippen molar-refractivity contribution in [3.63, 3.8) is 0 Å². The predicted molar refractivity (Wildman–Crippen MR) is 80.4 cm³/mol. The van der Waals surface area contributed by atoms with E-state index in [0.29, 0.717) is 5.92 Å². The maximum Gasteiger partial charge on any atom is 0.0409 e. The Morgan fingerprint density at radius 3 is 2.58 bits per heavy atom. The quantitative estimate of drug-likeness (QED) is 0.614. The zero-order valence-corrected chi connectivity index (χ0v) is 12.2. The molecule has 0 spiro atoms. The largest absolute Gasteiger partial charge is 0.0843 e. The molecule has 0 heterocycles. The number of halogens is 2. The molecule has 2 atom stereocenters. The Hall–Kier alpha value is -0.980. The van der Waals surface area contributed by atoms with Crippen LogP contribution in [0.1, 0.15) is 41.5 Å². The minimum absolute atomic E-state index is 0.100. The SMILES string of the molecule is CC12CC(Cc3cc(Cl)ccc31)c1ccc(Cl)cc12. The van der Waals surface area contributed by atoms with Gasteiger partial charge in [-0.2, -0.15) is 0 Å². The molecule has 0 fully saturated rings. The molecule has 2 aromatic rings. The van der Waals surface area contributed by atoms with E-state index in [1.54, 1.807) is 0 Å². The van der Waals surface area contributed by atoms with Gasteiger partial charge in [0.15, 0.2) is 0 Å². The van der Waals surface area contributed by atoms with Crippen molar-refractivity contribution in [3.05, 3.63) is 68.7 Å². The average molecular weight is 289 g/mol. The monoisotopic (exact) mass is 288 g/mol. The molecule has 96 valence electrons. The first-order chi connectivity index (χ1) is 9.08. The summed E-state index contributed by atoms with van der Waals surface area (Å²) in [6.07, 6.45) is 2.29. The molecule has 0 aliphatic heterocycles. The zero-order chi connectivity index (χ0) is 13.2. The van der Waals surface area contributed by atoms with Gasteiger partial charge in [-0.3, -0.25) is 0 Å². The fourth-order valence-electron chi connectivity index (χ4n) is 4.05. The van der Waals surface area contributed by atoms with Crippen LogP contribution in [0.15, 0.2) is 36.4 Å². The lowest BCUT2D eigenvalue weighted by atomic mass is 9.70. The van der Waals surface area contributed by atoms with E-state index in [2.05, 4.69) is 31.2 Å². The average Bonchev–Trinajstić information content (AvgIpc) is 2.59. The Kier molecular flexibility index (Phi) is 2.35. The molecule has 19 heavy (non-hydrogen) atoms. The molecule has 0 amide bonds. The van der Waals surface area contributed by atoms with Gasteiger partial charge in [-0.25, -0.2) is 0 Å². The van der Waals surface area contributed by atoms with Crippen LogP contribution in [0, 0.1) is 0 Å². The molecule has 2 heteroatoms. The molecule has 0 saturated carbocycles. The van der Waals surface area contributed by atoms with E-state index in [0.717, 1.165) is 16.5 Å². The summed E-state index contributed by atoms with van der Waals surface area (Å²) in [4.78, 5) is 0. The minimum Gasteiger partial charge on any atom is -0.0843 e. The maximum absolute atomic E-state index is 6.21. The molecule has 0 saturated heterocycles. The van der Waals surface area contributed by atoms with Crippen molar-refractivity contribution < 1.29 is 0 Å². The van der Waals surface area contributed by atoms with Gasteiger partial charge >= 0.3 is 0 Å². The summed E-state index contributed by atoms with van der Waals surface area (Å²) in [5.41, 5.74) is 5.81. The minimum atomic E-state index is 0.100. The molecule has 0 aromatic heterocycles. The second kappa shape index (κ2) is 3.77. The van der Waals surface area contributed by atoms with Crippen LogP contribution in [0.5, 0.6) is 0 Å². The Morgan fingerprint density at radius 1 is 1.00 bits per heavy atom. The lowest BCUT2D eigenvalue weighted by Gasteiger charge is -2.33. The molecule has 2 unspecified atom stereocenters. The number of hydrogen-bond donors (Lipinski definition) is 0. The predicted octanol–water partition coefficient (Wildman–Crippen LogP) is 5.34. The first-order valence-electron chi connectivity index (χ1n) is 6.67. The van der Waals surface area contributed by atoms with E-state index >= 15 is 0 Å². The first kappa shape index (κ1) is 11.8. The van der Waals surface area contributed by atoms with Crippen LogP contribution in [-0.2, 0) is 11.8 Å². The Morgan fingerprint density at radius 2 is 1.74 bits per heavy atom. The molecule has 4 rings (SSSR count). The van der Waals surface area contributed by atoms with E-state index in [-0.39, 0.29) is 5.41 Å². The molecule has 0 N–H and O–H groups in total. The molecule has 2 aromatic carbocycles. The summed E-state index contributed by atoms with van der Waals surface area (Å²) in [6, 6.07) is 12.7. The molecule has 0 nitrogen and oxygen atoms in total. The molecule has 0 radical (unpaired) electrons. The Balaban J connectivity index is 2.01. The van der Waals surface area contributed by atoms with Crippen molar-refractivity contribution in [1.82, 2.24) is 0 Å². The highest BCUT2D eigenvalue weighted by Gasteiger charge is 2.46. The van der Waals surface area contributed by atoms with Crippen LogP contribution >= 0.6 is 23.2 Å². The van der Waals surface area contributed by atoms with Crippen LogP contribution < -0.4 is 0 Å². The van der Waals surface area contributed by atoms with E-state index in [1.807, 2.05) is 12.1 Å². The van der Waals surface area contributed by atoms with Crippen molar-refractivity contribution in [2.45, 2.75) is 31.1 Å². The van der Waals surface area contributed by atoms with Gasteiger partial charge in [-0.15, -0.1) is 0 Å². The van der Waals surface area contributed by atoms with Crippen molar-refractivity contribution >= 4 is 23.2 Å². The van der Waals surface area contributed by atoms with E-state index in [1.165, 1.54) is 28.7 Å². The van der Waals surface area contributed by atoms with Crippen molar-refractivity contribution in [2.75, 3.05) is 0 Å². The van der Waals surface area contributed by atoms with Gasteiger partial charge in [0.25, 0.3) is 0 Å². The summed E-state index contributed by atoms with van der Waals surface area (Å²) in [6.45, 7) is 2.34. The summed E-state index contributed by atoms with van der Waals surface area (Å²) in [5.74, 6) is 0.614. The van der Waals surface area contributed by atoms with Crippen LogP contribution in [0.3, 0.4) is 0 Å². The number of rotatable bonds is 0. The summed E-state index contributed by atoms with van der Waals surface area (Å²) < 4.78 is 0. The van der Waals surface area contributed by atoms with Crippen LogP contribution in [0.4, 0.5) is 0 Å². The first-order valence-corrected chi connectivity index (χ1v) is 7.42. The molecule has 2 aliphatic rings. The van der Waals surface area contributed by atoms with Gasteiger partial charge in [-0.05, 0) is 65.3 Å². The van der Waals surface area contributed by atoms with Crippen LogP contribution in [-0.4, -0.2) is 0 Å². The summed E-state index contributed by atoms with van der Waals surface area (Å²) in [7, 11) is 0. The lowest BCUT2D eigenvalue weighted by molar-refractivity contribution is 0.471. The fourth-order valence-corrected chi connectivity index (χ4v) is 4.41. The van der Waals surface area contributed by atoms with Gasteiger partial charge in [0.2, 0.25) is 0 Å². The third-order valence-electron chi connectivity index (χ3n) is 4.83. The fraction of sp³-hybridized carbons (Fsp3) is 0.294. The van der Waals surface area contributed by atoms with E-state index < -0.39 is 0 Å². The van der Waals surface area contributed by atoms with Crippen molar-refractivity contribution in [2.24, 2.45) is 0 Å². The molecular formula is C17H14Cl2. The smallest absolute Gasteiger partial charge is 0.0409 e. The third kappa shape index (κ3) is 1.53. The Bertz CT molecular complexity index is 690. The third-order valence-corrected chi connectivity index (χ3v) is 5.30. The highest BCUT2D eigenvalue weighted by Crippen LogP contribution is 2.56. The highest BCUT2D eigenvalue weighted by molar-refractivity contribution is 6.31. The maximum atomic E-state index is 6.21. The van der Waals surface area contributed by atoms with Crippen LogP contribution in [0.25, 0.3) is 0 Å². The standard InChI is InChI=1S/C17H14Cl2/c1-17-9-11(14-4-2-13(19)8-16(14)17)6-10-7-12(18)3-5-15(10)17/h2-5,7-8,11H,6,9H2,1H3. The van der Waals surface area contributed by atoms with Crippen molar-refractivity contribution in [1.29, 1.82) is 0 Å².